The SMILES string of the molecule is CCNC(=NCC(=O)N(CC)Cc1ccccc1)NCCc1ccccc1.I. The second-order valence-corrected chi connectivity index (χ2v) is 6.25. The molecule has 0 atom stereocenters. The van der Waals surface area contributed by atoms with E-state index >= 15 is 0 Å². The second-order valence-electron chi connectivity index (χ2n) is 6.25. The number of likely N-dealkylation sites (N-methyl/N-ethyl adjacent to an activating group) is 1. The Morgan fingerprint density at radius 1 is 0.929 bits per heavy atom. The molecule has 6 heteroatoms. The fraction of sp³-hybridized carbons (Fsp3) is 0.364. The highest BCUT2D eigenvalue weighted by molar-refractivity contribution is 14.0. The van der Waals surface area contributed by atoms with Crippen LogP contribution in [-0.4, -0.2) is 42.9 Å². The molecule has 1 amide bonds. The van der Waals surface area contributed by atoms with Crippen molar-refractivity contribution in [1.29, 1.82) is 0 Å². The Morgan fingerprint density at radius 3 is 2.11 bits per heavy atom. The quantitative estimate of drug-likeness (QED) is 0.319. The average Bonchev–Trinajstić information content (AvgIpc) is 2.71. The van der Waals surface area contributed by atoms with E-state index in [0.717, 1.165) is 25.1 Å². The van der Waals surface area contributed by atoms with E-state index in [1.54, 1.807) is 0 Å². The number of rotatable bonds is 9. The number of hydrogen-bond acceptors (Lipinski definition) is 2. The second kappa shape index (κ2) is 14.0. The van der Waals surface area contributed by atoms with Crippen LogP contribution in [0.1, 0.15) is 25.0 Å². The third-order valence-corrected chi connectivity index (χ3v) is 4.22. The molecule has 0 aliphatic heterocycles. The average molecular weight is 494 g/mol. The summed E-state index contributed by atoms with van der Waals surface area (Å²) >= 11 is 0. The van der Waals surface area contributed by atoms with E-state index < -0.39 is 0 Å². The molecule has 2 rings (SSSR count). The van der Waals surface area contributed by atoms with Crippen molar-refractivity contribution in [2.24, 2.45) is 4.99 Å². The molecule has 0 fully saturated rings. The van der Waals surface area contributed by atoms with Crippen molar-refractivity contribution in [3.05, 3.63) is 71.8 Å². The zero-order chi connectivity index (χ0) is 19.3. The van der Waals surface area contributed by atoms with E-state index in [9.17, 15) is 4.79 Å². The Bertz CT molecular complexity index is 707. The van der Waals surface area contributed by atoms with E-state index in [1.165, 1.54) is 5.56 Å². The predicted octanol–water partition coefficient (Wildman–Crippen LogP) is 3.45. The van der Waals surface area contributed by atoms with Gasteiger partial charge in [-0.2, -0.15) is 0 Å². The topological polar surface area (TPSA) is 56.7 Å². The molecule has 0 spiro atoms. The standard InChI is InChI=1S/C22H30N4O.HI/c1-3-23-22(24-16-15-19-11-7-5-8-12-19)25-17-21(27)26(4-2)18-20-13-9-6-10-14-20;/h5-14H,3-4,15-18H2,1-2H3,(H2,23,24,25);1H. The molecule has 2 aromatic rings. The van der Waals surface area contributed by atoms with Gasteiger partial charge in [0, 0.05) is 26.2 Å². The van der Waals surface area contributed by atoms with Crippen LogP contribution in [0.5, 0.6) is 0 Å². The highest BCUT2D eigenvalue weighted by Gasteiger charge is 2.12. The summed E-state index contributed by atoms with van der Waals surface area (Å²) in [5.41, 5.74) is 2.40. The van der Waals surface area contributed by atoms with Gasteiger partial charge < -0.3 is 15.5 Å². The van der Waals surface area contributed by atoms with E-state index in [2.05, 4.69) is 27.8 Å². The summed E-state index contributed by atoms with van der Waals surface area (Å²) in [5, 5.41) is 6.50. The molecule has 5 nitrogen and oxygen atoms in total. The van der Waals surface area contributed by atoms with Gasteiger partial charge in [0.1, 0.15) is 6.54 Å². The Labute approximate surface area is 185 Å². The van der Waals surface area contributed by atoms with Crippen LogP contribution in [0, 0.1) is 0 Å². The van der Waals surface area contributed by atoms with Gasteiger partial charge in [0.05, 0.1) is 0 Å². The Morgan fingerprint density at radius 2 is 1.54 bits per heavy atom. The largest absolute Gasteiger partial charge is 0.357 e. The number of hydrogen-bond donors (Lipinski definition) is 2. The number of benzene rings is 2. The van der Waals surface area contributed by atoms with E-state index in [1.807, 2.05) is 67.3 Å². The summed E-state index contributed by atoms with van der Waals surface area (Å²) in [6, 6.07) is 20.4. The molecule has 0 aromatic heterocycles. The first-order valence-corrected chi connectivity index (χ1v) is 9.60. The van der Waals surface area contributed by atoms with Crippen molar-refractivity contribution >= 4 is 35.8 Å². The normalized spacial score (nSPS) is 10.7. The first-order valence-electron chi connectivity index (χ1n) is 9.60. The highest BCUT2D eigenvalue weighted by Crippen LogP contribution is 2.04. The zero-order valence-corrected chi connectivity index (χ0v) is 19.1. The van der Waals surface area contributed by atoms with E-state index in [4.69, 9.17) is 0 Å². The summed E-state index contributed by atoms with van der Waals surface area (Å²) in [5.74, 6) is 0.708. The molecule has 2 aromatic carbocycles. The Balaban J connectivity index is 0.00000392. The van der Waals surface area contributed by atoms with Crippen molar-refractivity contribution in [2.45, 2.75) is 26.8 Å². The lowest BCUT2D eigenvalue weighted by Crippen LogP contribution is -2.40. The molecule has 152 valence electrons. The number of nitrogens with one attached hydrogen (secondary N) is 2. The van der Waals surface area contributed by atoms with Crippen molar-refractivity contribution in [1.82, 2.24) is 15.5 Å². The van der Waals surface area contributed by atoms with Crippen LogP contribution >= 0.6 is 24.0 Å². The minimum Gasteiger partial charge on any atom is -0.357 e. The van der Waals surface area contributed by atoms with Crippen LogP contribution in [0.3, 0.4) is 0 Å². The summed E-state index contributed by atoms with van der Waals surface area (Å²) in [6.45, 7) is 6.96. The number of halogens is 1. The molecule has 0 unspecified atom stereocenters. The molecule has 0 aliphatic carbocycles. The number of nitrogens with zero attached hydrogens (tertiary/aromatic N) is 2. The fourth-order valence-electron chi connectivity index (χ4n) is 2.74. The Kier molecular flexibility index (Phi) is 12.0. The minimum absolute atomic E-state index is 0. The highest BCUT2D eigenvalue weighted by atomic mass is 127. The first-order chi connectivity index (χ1) is 13.2. The molecule has 0 aliphatic rings. The lowest BCUT2D eigenvalue weighted by atomic mass is 10.1. The third kappa shape index (κ3) is 8.73. The molecular weight excluding hydrogens is 463 g/mol. The summed E-state index contributed by atoms with van der Waals surface area (Å²) in [4.78, 5) is 18.8. The minimum atomic E-state index is 0. The maximum absolute atomic E-state index is 12.5. The van der Waals surface area contributed by atoms with Gasteiger partial charge in [-0.25, -0.2) is 4.99 Å². The van der Waals surface area contributed by atoms with Crippen molar-refractivity contribution < 1.29 is 4.79 Å². The van der Waals surface area contributed by atoms with Crippen LogP contribution in [0.15, 0.2) is 65.7 Å². The summed E-state index contributed by atoms with van der Waals surface area (Å²) in [7, 11) is 0. The molecule has 0 saturated carbocycles. The van der Waals surface area contributed by atoms with Crippen molar-refractivity contribution in [2.75, 3.05) is 26.2 Å². The van der Waals surface area contributed by atoms with Crippen LogP contribution in [0.2, 0.25) is 0 Å². The summed E-state index contributed by atoms with van der Waals surface area (Å²) in [6.07, 6.45) is 0.911. The molecule has 0 heterocycles. The molecular formula is C22H31IN4O. The lowest BCUT2D eigenvalue weighted by molar-refractivity contribution is -0.130. The molecule has 28 heavy (non-hydrogen) atoms. The van der Waals surface area contributed by atoms with E-state index in [0.29, 0.717) is 19.0 Å². The maximum Gasteiger partial charge on any atom is 0.244 e. The van der Waals surface area contributed by atoms with Gasteiger partial charge in [-0.1, -0.05) is 60.7 Å². The van der Waals surface area contributed by atoms with Crippen molar-refractivity contribution in [3.63, 3.8) is 0 Å². The van der Waals surface area contributed by atoms with E-state index in [-0.39, 0.29) is 36.4 Å². The number of guanidine groups is 1. The van der Waals surface area contributed by atoms with Gasteiger partial charge in [-0.05, 0) is 31.4 Å². The smallest absolute Gasteiger partial charge is 0.244 e. The third-order valence-electron chi connectivity index (χ3n) is 4.22. The van der Waals surface area contributed by atoms with Gasteiger partial charge in [-0.3, -0.25) is 4.79 Å². The maximum atomic E-state index is 12.5. The van der Waals surface area contributed by atoms with Crippen LogP contribution in [0.4, 0.5) is 0 Å². The zero-order valence-electron chi connectivity index (χ0n) is 16.7. The summed E-state index contributed by atoms with van der Waals surface area (Å²) < 4.78 is 0. The predicted molar refractivity (Wildman–Crippen MR) is 127 cm³/mol. The van der Waals surface area contributed by atoms with Crippen LogP contribution < -0.4 is 10.6 Å². The van der Waals surface area contributed by atoms with Gasteiger partial charge in [-0.15, -0.1) is 24.0 Å². The molecule has 0 bridgehead atoms. The first kappa shape index (κ1) is 23.9. The Hall–Kier alpha value is -2.09. The number of amides is 1. The monoisotopic (exact) mass is 494 g/mol. The molecule has 0 radical (unpaired) electrons. The number of aliphatic imine (C=N–C) groups is 1. The molecule has 2 N–H and O–H groups in total. The van der Waals surface area contributed by atoms with Gasteiger partial charge in [0.2, 0.25) is 5.91 Å². The lowest BCUT2D eigenvalue weighted by Gasteiger charge is -2.20. The molecule has 0 saturated heterocycles. The van der Waals surface area contributed by atoms with Crippen molar-refractivity contribution in [3.8, 4) is 0 Å². The van der Waals surface area contributed by atoms with Crippen LogP contribution in [-0.2, 0) is 17.8 Å². The van der Waals surface area contributed by atoms with Gasteiger partial charge in [0.15, 0.2) is 5.96 Å². The fourth-order valence-corrected chi connectivity index (χ4v) is 2.74. The number of carbonyl (C=O) groups excluding carboxylic acids is 1. The van der Waals surface area contributed by atoms with Crippen LogP contribution in [0.25, 0.3) is 0 Å². The van der Waals surface area contributed by atoms with Gasteiger partial charge in [0.25, 0.3) is 0 Å². The van der Waals surface area contributed by atoms with Gasteiger partial charge >= 0.3 is 0 Å². The number of carbonyl (C=O) groups is 1.